The van der Waals surface area contributed by atoms with Gasteiger partial charge in [0.1, 0.15) is 0 Å². The molecular weight excluding hydrogens is 282 g/mol. The summed E-state index contributed by atoms with van der Waals surface area (Å²) in [5.74, 6) is 0.493. The van der Waals surface area contributed by atoms with Crippen LogP contribution in [0.15, 0.2) is 24.5 Å². The zero-order chi connectivity index (χ0) is 16.4. The van der Waals surface area contributed by atoms with Crippen molar-refractivity contribution in [1.82, 2.24) is 20.2 Å². The lowest BCUT2D eigenvalue weighted by atomic mass is 10.1. The maximum Gasteiger partial charge on any atom is 0.274 e. The first-order valence-electron chi connectivity index (χ1n) is 7.89. The molecule has 7 heteroatoms. The van der Waals surface area contributed by atoms with Gasteiger partial charge in [-0.05, 0) is 26.2 Å². The summed E-state index contributed by atoms with van der Waals surface area (Å²) in [6, 6.07) is 0.264. The third-order valence-corrected chi connectivity index (χ3v) is 3.54. The molecule has 0 bridgehead atoms. The molecule has 124 valence electrons. The third kappa shape index (κ3) is 6.60. The van der Waals surface area contributed by atoms with Crippen molar-refractivity contribution >= 4 is 0 Å². The van der Waals surface area contributed by atoms with Crippen molar-refractivity contribution in [3.05, 3.63) is 40.4 Å². The van der Waals surface area contributed by atoms with E-state index in [1.54, 1.807) is 6.33 Å². The molecule has 0 saturated heterocycles. The molecule has 0 spiro atoms. The van der Waals surface area contributed by atoms with E-state index in [0.717, 1.165) is 44.1 Å². The van der Waals surface area contributed by atoms with Crippen LogP contribution in [-0.4, -0.2) is 27.1 Å². The molecule has 0 radical (unpaired) electrons. The second-order valence-electron chi connectivity index (χ2n) is 5.38. The molecule has 0 aliphatic carbocycles. The molecule has 0 amide bonds. The molecule has 1 heterocycles. The Balaban J connectivity index is 2.44. The van der Waals surface area contributed by atoms with E-state index in [9.17, 15) is 10.1 Å². The van der Waals surface area contributed by atoms with Crippen molar-refractivity contribution in [1.29, 1.82) is 0 Å². The average molecular weight is 309 g/mol. The van der Waals surface area contributed by atoms with E-state index in [1.165, 1.54) is 0 Å². The van der Waals surface area contributed by atoms with Gasteiger partial charge in [-0.25, -0.2) is 4.98 Å². The van der Waals surface area contributed by atoms with Gasteiger partial charge in [0.15, 0.2) is 5.82 Å². The zero-order valence-electron chi connectivity index (χ0n) is 13.7. The van der Waals surface area contributed by atoms with Crippen LogP contribution in [0.5, 0.6) is 0 Å². The Bertz CT molecular complexity index is 484. The van der Waals surface area contributed by atoms with Crippen LogP contribution in [0.4, 0.5) is 0 Å². The monoisotopic (exact) mass is 309 g/mol. The summed E-state index contributed by atoms with van der Waals surface area (Å²) in [4.78, 5) is 14.4. The van der Waals surface area contributed by atoms with Gasteiger partial charge in [-0.3, -0.25) is 10.1 Å². The Morgan fingerprint density at radius 2 is 2.32 bits per heavy atom. The molecule has 1 rings (SSSR count). The van der Waals surface area contributed by atoms with Crippen LogP contribution in [0.3, 0.4) is 0 Å². The van der Waals surface area contributed by atoms with E-state index in [2.05, 4.69) is 34.0 Å². The van der Waals surface area contributed by atoms with Crippen LogP contribution in [0.1, 0.15) is 45.2 Å². The van der Waals surface area contributed by atoms with E-state index in [1.807, 2.05) is 13.1 Å². The van der Waals surface area contributed by atoms with Crippen LogP contribution in [0.25, 0.3) is 0 Å². The minimum absolute atomic E-state index is 0.264. The first kappa shape index (κ1) is 18.0. The first-order valence-corrected chi connectivity index (χ1v) is 7.89. The zero-order valence-corrected chi connectivity index (χ0v) is 13.7. The molecule has 7 nitrogen and oxygen atoms in total. The van der Waals surface area contributed by atoms with Crippen molar-refractivity contribution in [2.75, 3.05) is 6.54 Å². The minimum atomic E-state index is -0.423. The van der Waals surface area contributed by atoms with Gasteiger partial charge in [-0.1, -0.05) is 20.3 Å². The van der Waals surface area contributed by atoms with Gasteiger partial charge in [-0.15, -0.1) is 0 Å². The van der Waals surface area contributed by atoms with Gasteiger partial charge in [-0.2, -0.15) is 0 Å². The molecule has 0 aliphatic heterocycles. The first-order chi connectivity index (χ1) is 10.6. The Morgan fingerprint density at radius 1 is 1.55 bits per heavy atom. The highest BCUT2D eigenvalue weighted by atomic mass is 16.6. The predicted molar refractivity (Wildman–Crippen MR) is 86.8 cm³/mol. The molecule has 1 unspecified atom stereocenters. The fraction of sp³-hybridized carbons (Fsp3) is 0.667. The quantitative estimate of drug-likeness (QED) is 0.372. The molecule has 2 N–H and O–H groups in total. The minimum Gasteiger partial charge on any atom is -0.367 e. The van der Waals surface area contributed by atoms with Crippen molar-refractivity contribution in [2.45, 2.75) is 59.0 Å². The van der Waals surface area contributed by atoms with Crippen LogP contribution in [-0.2, 0) is 6.54 Å². The molecule has 0 saturated carbocycles. The highest BCUT2D eigenvalue weighted by molar-refractivity contribution is 4.95. The highest BCUT2D eigenvalue weighted by Gasteiger charge is 2.09. The van der Waals surface area contributed by atoms with Gasteiger partial charge >= 0.3 is 0 Å². The second-order valence-corrected chi connectivity index (χ2v) is 5.38. The average Bonchev–Trinajstić information content (AvgIpc) is 2.87. The second kappa shape index (κ2) is 9.81. The summed E-state index contributed by atoms with van der Waals surface area (Å²) in [5, 5.41) is 17.1. The van der Waals surface area contributed by atoms with Crippen LogP contribution in [0, 0.1) is 17.0 Å². The molecule has 0 aromatic carbocycles. The molecule has 1 aromatic heterocycles. The number of nitro groups is 1. The maximum atomic E-state index is 10.7. The number of rotatable bonds is 11. The van der Waals surface area contributed by atoms with Gasteiger partial charge in [0.05, 0.1) is 11.3 Å². The lowest BCUT2D eigenvalue weighted by molar-refractivity contribution is -0.404. The van der Waals surface area contributed by atoms with Crippen LogP contribution in [0.2, 0.25) is 0 Å². The topological polar surface area (TPSA) is 85.0 Å². The van der Waals surface area contributed by atoms with Crippen LogP contribution >= 0.6 is 0 Å². The SMILES string of the molecule is CCCC(CC)N/C(=C/[N+](=O)[O-])NCCCn1cncc1C. The summed E-state index contributed by atoms with van der Waals surface area (Å²) >= 11 is 0. The van der Waals surface area contributed by atoms with Crippen molar-refractivity contribution in [3.63, 3.8) is 0 Å². The fourth-order valence-corrected chi connectivity index (χ4v) is 2.28. The van der Waals surface area contributed by atoms with Gasteiger partial charge in [0.2, 0.25) is 0 Å². The van der Waals surface area contributed by atoms with Crippen molar-refractivity contribution in [3.8, 4) is 0 Å². The largest absolute Gasteiger partial charge is 0.367 e. The Kier molecular flexibility index (Phi) is 8.03. The number of nitrogens with one attached hydrogen (secondary N) is 2. The fourth-order valence-electron chi connectivity index (χ4n) is 2.28. The maximum absolute atomic E-state index is 10.7. The summed E-state index contributed by atoms with van der Waals surface area (Å²) in [5.41, 5.74) is 1.12. The summed E-state index contributed by atoms with van der Waals surface area (Å²) in [6.07, 6.45) is 8.51. The van der Waals surface area contributed by atoms with Gasteiger partial charge < -0.3 is 15.2 Å². The lowest BCUT2D eigenvalue weighted by Crippen LogP contribution is -2.35. The molecule has 1 aromatic rings. The third-order valence-electron chi connectivity index (χ3n) is 3.54. The van der Waals surface area contributed by atoms with E-state index in [-0.39, 0.29) is 6.04 Å². The van der Waals surface area contributed by atoms with Gasteiger partial charge in [0.25, 0.3) is 6.20 Å². The standard InChI is InChI=1S/C15H27N5O2/c1-4-7-14(5-2)18-15(11-20(21)22)17-8-6-9-19-12-16-10-13(19)3/h10-12,14,17-18H,4-9H2,1-3H3/b15-11+. The summed E-state index contributed by atoms with van der Waals surface area (Å²) < 4.78 is 2.07. The normalized spacial score (nSPS) is 13.0. The van der Waals surface area contributed by atoms with Crippen molar-refractivity contribution in [2.24, 2.45) is 0 Å². The smallest absolute Gasteiger partial charge is 0.274 e. The molecule has 1 atom stereocenters. The highest BCUT2D eigenvalue weighted by Crippen LogP contribution is 2.03. The molecule has 22 heavy (non-hydrogen) atoms. The number of aryl methyl sites for hydroxylation is 2. The van der Waals surface area contributed by atoms with E-state index in [4.69, 9.17) is 0 Å². The number of hydrogen-bond acceptors (Lipinski definition) is 5. The Morgan fingerprint density at radius 3 is 2.86 bits per heavy atom. The van der Waals surface area contributed by atoms with E-state index in [0.29, 0.717) is 12.4 Å². The summed E-state index contributed by atoms with van der Waals surface area (Å²) in [6.45, 7) is 7.72. The van der Waals surface area contributed by atoms with E-state index >= 15 is 0 Å². The number of aromatic nitrogens is 2. The molecular formula is C15H27N5O2. The number of imidazole rings is 1. The number of hydrogen-bond donors (Lipinski definition) is 2. The Labute approximate surface area is 132 Å². The Hall–Kier alpha value is -2.05. The van der Waals surface area contributed by atoms with Crippen LogP contribution < -0.4 is 10.6 Å². The van der Waals surface area contributed by atoms with Crippen molar-refractivity contribution < 1.29 is 4.92 Å². The predicted octanol–water partition coefficient (Wildman–Crippen LogP) is 2.42. The van der Waals surface area contributed by atoms with Gasteiger partial charge in [0, 0.05) is 31.0 Å². The lowest BCUT2D eigenvalue weighted by Gasteiger charge is -2.19. The molecule has 0 fully saturated rings. The summed E-state index contributed by atoms with van der Waals surface area (Å²) in [7, 11) is 0. The number of nitrogens with zero attached hydrogens (tertiary/aromatic N) is 3. The van der Waals surface area contributed by atoms with E-state index < -0.39 is 4.92 Å². The molecule has 0 aliphatic rings.